The lowest BCUT2D eigenvalue weighted by Gasteiger charge is -2.43. The van der Waals surface area contributed by atoms with Crippen molar-refractivity contribution in [3.63, 3.8) is 0 Å². The Bertz CT molecular complexity index is 1080. The Morgan fingerprint density at radius 3 is 2.67 bits per heavy atom. The van der Waals surface area contributed by atoms with E-state index < -0.39 is 0 Å². The molecule has 30 heavy (non-hydrogen) atoms. The van der Waals surface area contributed by atoms with Crippen molar-refractivity contribution < 1.29 is 0 Å². The van der Waals surface area contributed by atoms with Gasteiger partial charge in [0, 0.05) is 37.1 Å². The molecule has 2 aromatic heterocycles. The Hall–Kier alpha value is -1.82. The van der Waals surface area contributed by atoms with Crippen molar-refractivity contribution in [1.29, 1.82) is 0 Å². The van der Waals surface area contributed by atoms with Crippen LogP contribution in [0.2, 0.25) is 10.0 Å². The molecule has 1 aliphatic heterocycles. The van der Waals surface area contributed by atoms with Crippen molar-refractivity contribution >= 4 is 34.8 Å². The summed E-state index contributed by atoms with van der Waals surface area (Å²) < 4.78 is 2.12. The first-order valence-corrected chi connectivity index (χ1v) is 11.5. The number of fused-ring (bicyclic) bond motifs is 1. The molecular formula is C23H27Cl2N5. The number of halogens is 2. The molecule has 3 heterocycles. The molecule has 3 aromatic rings. The number of nitrogens with one attached hydrogen (secondary N) is 1. The van der Waals surface area contributed by atoms with Crippen LogP contribution in [0.4, 0.5) is 5.95 Å². The average molecular weight is 444 g/mol. The maximum Gasteiger partial charge on any atom is 0.211 e. The van der Waals surface area contributed by atoms with Gasteiger partial charge in [-0.3, -0.25) is 4.40 Å². The van der Waals surface area contributed by atoms with Gasteiger partial charge >= 0.3 is 0 Å². The molecule has 7 heteroatoms. The Morgan fingerprint density at radius 1 is 1.13 bits per heavy atom. The van der Waals surface area contributed by atoms with Crippen LogP contribution < -0.4 is 10.2 Å². The van der Waals surface area contributed by atoms with Gasteiger partial charge in [-0.15, -0.1) is 0 Å². The predicted octanol–water partition coefficient (Wildman–Crippen LogP) is 5.37. The van der Waals surface area contributed by atoms with Crippen LogP contribution in [0.3, 0.4) is 0 Å². The number of nitrogens with zero attached hydrogens (tertiary/aromatic N) is 4. The smallest absolute Gasteiger partial charge is 0.211 e. The maximum absolute atomic E-state index is 6.28. The fraction of sp³-hybridized carbons (Fsp3) is 0.478. The van der Waals surface area contributed by atoms with Crippen LogP contribution in [0.5, 0.6) is 0 Å². The zero-order valence-corrected chi connectivity index (χ0v) is 19.0. The summed E-state index contributed by atoms with van der Waals surface area (Å²) in [6.45, 7) is 4.11. The van der Waals surface area contributed by atoms with Gasteiger partial charge in [-0.25, -0.2) is 9.97 Å². The molecule has 1 spiro atoms. The van der Waals surface area contributed by atoms with E-state index in [0.717, 1.165) is 41.5 Å². The number of benzene rings is 1. The summed E-state index contributed by atoms with van der Waals surface area (Å²) >= 11 is 12.4. The van der Waals surface area contributed by atoms with E-state index in [1.165, 1.54) is 32.1 Å². The number of anilines is 1. The number of imidazole rings is 1. The van der Waals surface area contributed by atoms with E-state index in [1.807, 2.05) is 30.6 Å². The number of rotatable bonds is 3. The van der Waals surface area contributed by atoms with Crippen LogP contribution in [0.1, 0.15) is 37.8 Å². The summed E-state index contributed by atoms with van der Waals surface area (Å²) in [5, 5.41) is 4.67. The van der Waals surface area contributed by atoms with Gasteiger partial charge in [0.1, 0.15) is 5.65 Å². The number of aromatic nitrogens is 3. The summed E-state index contributed by atoms with van der Waals surface area (Å²) in [5.74, 6) is 0.984. The van der Waals surface area contributed by atoms with Crippen LogP contribution in [0, 0.1) is 12.3 Å². The van der Waals surface area contributed by atoms with Gasteiger partial charge in [0.05, 0.1) is 15.7 Å². The lowest BCUT2D eigenvalue weighted by Crippen LogP contribution is -2.48. The zero-order valence-electron chi connectivity index (χ0n) is 17.5. The molecule has 2 aliphatic rings. The largest absolute Gasteiger partial charge is 0.342 e. The average Bonchev–Trinajstić information content (AvgIpc) is 3.38. The van der Waals surface area contributed by atoms with Crippen molar-refractivity contribution in [1.82, 2.24) is 19.7 Å². The van der Waals surface area contributed by atoms with E-state index >= 15 is 0 Å². The predicted molar refractivity (Wildman–Crippen MR) is 124 cm³/mol. The van der Waals surface area contributed by atoms with E-state index in [4.69, 9.17) is 28.2 Å². The van der Waals surface area contributed by atoms with Crippen LogP contribution in [-0.2, 0) is 0 Å². The third-order valence-corrected chi connectivity index (χ3v) is 7.95. The van der Waals surface area contributed by atoms with Gasteiger partial charge in [-0.1, -0.05) is 35.7 Å². The quantitative estimate of drug-likeness (QED) is 0.590. The van der Waals surface area contributed by atoms with E-state index in [9.17, 15) is 0 Å². The van der Waals surface area contributed by atoms with Gasteiger partial charge < -0.3 is 10.2 Å². The second kappa shape index (κ2) is 7.70. The lowest BCUT2D eigenvalue weighted by atomic mass is 9.74. The van der Waals surface area contributed by atoms with E-state index in [0.29, 0.717) is 21.5 Å². The number of aryl methyl sites for hydroxylation is 1. The van der Waals surface area contributed by atoms with Crippen LogP contribution in [0.25, 0.3) is 16.8 Å². The summed E-state index contributed by atoms with van der Waals surface area (Å²) in [6, 6.07) is 6.36. The molecule has 0 amide bonds. The van der Waals surface area contributed by atoms with Crippen molar-refractivity contribution in [3.05, 3.63) is 46.3 Å². The van der Waals surface area contributed by atoms with Crippen molar-refractivity contribution in [2.45, 2.75) is 45.1 Å². The Labute approximate surface area is 187 Å². The van der Waals surface area contributed by atoms with Gasteiger partial charge in [0.15, 0.2) is 0 Å². The molecular weight excluding hydrogens is 417 g/mol. The minimum atomic E-state index is 0.453. The summed E-state index contributed by atoms with van der Waals surface area (Å²) in [4.78, 5) is 12.1. The molecule has 1 aromatic carbocycles. The molecule has 1 aliphatic carbocycles. The number of hydrogen-bond donors (Lipinski definition) is 1. The first-order chi connectivity index (χ1) is 14.5. The van der Waals surface area contributed by atoms with Crippen molar-refractivity contribution in [3.8, 4) is 11.1 Å². The molecule has 1 N–H and O–H groups in total. The maximum atomic E-state index is 6.28. The number of hydrogen-bond acceptors (Lipinski definition) is 4. The van der Waals surface area contributed by atoms with Gasteiger partial charge in [-0.05, 0) is 62.8 Å². The standard InChI is InChI=1S/C23H27Cl2N5/c1-15-20(16-5-6-17(24)18(25)14-16)21-27-10-13-30(21)22(28-15)29-11-8-23(9-12-29)7-3-4-19(23)26-2/h5-6,10,13-14,19,26H,3-4,7-9,11-12H2,1-2H3/t19-/m1/s1. The minimum Gasteiger partial charge on any atom is -0.342 e. The summed E-state index contributed by atoms with van der Waals surface area (Å²) in [5.41, 5.74) is 4.30. The second-order valence-corrected chi connectivity index (χ2v) is 9.52. The van der Waals surface area contributed by atoms with E-state index in [2.05, 4.69) is 33.6 Å². The monoisotopic (exact) mass is 443 g/mol. The van der Waals surface area contributed by atoms with E-state index in [-0.39, 0.29) is 0 Å². The Kier molecular flexibility index (Phi) is 5.16. The molecule has 5 rings (SSSR count). The Balaban J connectivity index is 1.50. The fourth-order valence-electron chi connectivity index (χ4n) is 5.62. The Morgan fingerprint density at radius 2 is 1.93 bits per heavy atom. The first kappa shape index (κ1) is 20.1. The van der Waals surface area contributed by atoms with Crippen molar-refractivity contribution in [2.24, 2.45) is 5.41 Å². The molecule has 0 bridgehead atoms. The van der Waals surface area contributed by atoms with Gasteiger partial charge in [-0.2, -0.15) is 0 Å². The molecule has 158 valence electrons. The third-order valence-electron chi connectivity index (χ3n) is 7.21. The topological polar surface area (TPSA) is 45.5 Å². The molecule has 5 nitrogen and oxygen atoms in total. The normalized spacial score (nSPS) is 21.1. The van der Waals surface area contributed by atoms with Gasteiger partial charge in [0.2, 0.25) is 5.95 Å². The zero-order chi connectivity index (χ0) is 20.9. The SMILES string of the molecule is CN[C@@H]1CCCC12CCN(c1nc(C)c(-c3ccc(Cl)c(Cl)c3)c3nccn13)CC2. The van der Waals surface area contributed by atoms with E-state index in [1.54, 1.807) is 0 Å². The van der Waals surface area contributed by atoms with Gasteiger partial charge in [0.25, 0.3) is 0 Å². The number of piperidine rings is 1. The molecule has 0 unspecified atom stereocenters. The molecule has 1 saturated carbocycles. The van der Waals surface area contributed by atoms with Crippen LogP contribution >= 0.6 is 23.2 Å². The molecule has 1 saturated heterocycles. The highest BCUT2D eigenvalue weighted by Crippen LogP contribution is 2.47. The second-order valence-electron chi connectivity index (χ2n) is 8.70. The molecule has 2 fully saturated rings. The summed E-state index contributed by atoms with van der Waals surface area (Å²) in [7, 11) is 2.12. The van der Waals surface area contributed by atoms with Crippen LogP contribution in [0.15, 0.2) is 30.6 Å². The molecule has 0 radical (unpaired) electrons. The first-order valence-electron chi connectivity index (χ1n) is 10.7. The lowest BCUT2D eigenvalue weighted by molar-refractivity contribution is 0.177. The third kappa shape index (κ3) is 3.19. The highest BCUT2D eigenvalue weighted by atomic mass is 35.5. The molecule has 1 atom stereocenters. The minimum absolute atomic E-state index is 0.453. The highest BCUT2D eigenvalue weighted by Gasteiger charge is 2.44. The highest BCUT2D eigenvalue weighted by molar-refractivity contribution is 6.42. The van der Waals surface area contributed by atoms with Crippen molar-refractivity contribution in [2.75, 3.05) is 25.0 Å². The van der Waals surface area contributed by atoms with Crippen LogP contribution in [-0.4, -0.2) is 40.5 Å². The summed E-state index contributed by atoms with van der Waals surface area (Å²) in [6.07, 6.45) is 10.3. The fourth-order valence-corrected chi connectivity index (χ4v) is 5.92.